The third-order valence-corrected chi connectivity index (χ3v) is 12.7. The molecule has 4 aliphatic heterocycles. The Morgan fingerprint density at radius 3 is 1.14 bits per heavy atom. The number of aliphatic hydroxyl groups excluding tert-OH is 10. The molecule has 0 aliphatic carbocycles. The summed E-state index contributed by atoms with van der Waals surface area (Å²) in [5.74, 6) is -1.05. The summed E-state index contributed by atoms with van der Waals surface area (Å²) in [6, 6.07) is -2.35. The van der Waals surface area contributed by atoms with Gasteiger partial charge in [0.15, 0.2) is 25.0 Å². The number of nitrogens with one attached hydrogen (secondary N) is 2. The molecule has 12 N–H and O–H groups in total. The highest BCUT2D eigenvalue weighted by Gasteiger charge is 2.53. The molecule has 32 heteroatoms. The van der Waals surface area contributed by atoms with Gasteiger partial charge in [-0.25, -0.2) is 9.36 Å². The van der Waals surface area contributed by atoms with Gasteiger partial charge in [0.05, 0.1) is 117 Å². The third-order valence-electron chi connectivity index (χ3n) is 12.7. The molecule has 2 aromatic rings. The minimum atomic E-state index is -1.69. The maximum atomic E-state index is 12.2. The first-order chi connectivity index (χ1) is 36.4. The van der Waals surface area contributed by atoms with Crippen molar-refractivity contribution in [2.75, 3.05) is 79.3 Å². The zero-order chi connectivity index (χ0) is 55.1. The van der Waals surface area contributed by atoms with Crippen LogP contribution in [0.15, 0.2) is 12.4 Å². The van der Waals surface area contributed by atoms with Gasteiger partial charge in [-0.05, 0) is 13.8 Å². The fourth-order valence-corrected chi connectivity index (χ4v) is 8.66. The quantitative estimate of drug-likeness (QED) is 0.0337. The fourth-order valence-electron chi connectivity index (χ4n) is 8.66. The molecular formula is C44H74N8O24. The normalized spacial score (nSPS) is 36.0. The lowest BCUT2D eigenvalue weighted by Crippen LogP contribution is -2.65. The number of aliphatic hydroxyl groups is 10. The van der Waals surface area contributed by atoms with E-state index in [0.29, 0.717) is 51.0 Å². The highest BCUT2D eigenvalue weighted by atomic mass is 16.7. The largest absolute Gasteiger partial charge is 0.394 e. The highest BCUT2D eigenvalue weighted by molar-refractivity contribution is 5.73. The van der Waals surface area contributed by atoms with Crippen molar-refractivity contribution in [3.8, 4) is 0 Å². The van der Waals surface area contributed by atoms with E-state index in [4.69, 9.17) is 56.8 Å². The van der Waals surface area contributed by atoms with Gasteiger partial charge in [0.25, 0.3) is 0 Å². The summed E-state index contributed by atoms with van der Waals surface area (Å²) >= 11 is 0. The molecule has 4 saturated heterocycles. The van der Waals surface area contributed by atoms with E-state index < -0.39 is 148 Å². The second-order valence-electron chi connectivity index (χ2n) is 18.4. The summed E-state index contributed by atoms with van der Waals surface area (Å²) in [5, 5.41) is 126. The Labute approximate surface area is 435 Å². The molecule has 0 aromatic carbocycles. The number of carbonyl (C=O) groups is 2. The first-order valence-electron chi connectivity index (χ1n) is 24.8. The van der Waals surface area contributed by atoms with Crippen molar-refractivity contribution in [2.24, 2.45) is 0 Å². The van der Waals surface area contributed by atoms with Gasteiger partial charge in [-0.2, -0.15) is 0 Å². The number of amides is 2. The van der Waals surface area contributed by atoms with E-state index in [-0.39, 0.29) is 39.6 Å². The summed E-state index contributed by atoms with van der Waals surface area (Å²) in [5.41, 5.74) is 0.766. The van der Waals surface area contributed by atoms with Crippen LogP contribution in [-0.4, -0.2) is 282 Å². The molecule has 0 spiro atoms. The Hall–Kier alpha value is -3.66. The van der Waals surface area contributed by atoms with Crippen molar-refractivity contribution >= 4 is 11.8 Å². The number of carbonyl (C=O) groups excluding carboxylic acids is 2. The fraction of sp³-hybridized carbons (Fsp3) is 0.864. The SMILES string of the molecule is CC(=O)N[C@@H]1[C@@H](O)[C@H](O[C@@H]2O[C@@H](C)[C@@H](O)[C@@H](O)[C@@H]2O)[C@@H](CO)O[C@H]1n1cc(COCCOCCOCCOCCOCCOCc2cn([C@@H]3O[C@H](CO)[C@@H](O[C@@H]4O[C@@H](C)[C@@H](O)[C@@H](O)[C@@H]4O)[C@H](O)[C@H]3NC(C)=O)nn2)nn1. The zero-order valence-electron chi connectivity index (χ0n) is 42.5. The molecule has 0 bridgehead atoms. The number of ether oxygens (including phenoxy) is 12. The molecule has 6 heterocycles. The number of nitrogens with zero attached hydrogens (tertiary/aromatic N) is 6. The average Bonchev–Trinajstić information content (AvgIpc) is 4.08. The van der Waals surface area contributed by atoms with E-state index in [1.54, 1.807) is 0 Å². The van der Waals surface area contributed by atoms with Crippen LogP contribution in [-0.2, 0) is 79.6 Å². The Kier molecular flexibility index (Phi) is 24.4. The first-order valence-corrected chi connectivity index (χ1v) is 24.8. The van der Waals surface area contributed by atoms with Crippen molar-refractivity contribution in [2.45, 2.75) is 163 Å². The van der Waals surface area contributed by atoms with E-state index in [9.17, 15) is 60.7 Å². The number of hydrogen-bond acceptors (Lipinski definition) is 28. The molecule has 32 nitrogen and oxygen atoms in total. The minimum absolute atomic E-state index is 0.0326. The van der Waals surface area contributed by atoms with Gasteiger partial charge < -0.3 is 119 Å². The number of rotatable bonds is 29. The van der Waals surface area contributed by atoms with Crippen LogP contribution < -0.4 is 10.6 Å². The average molecular weight is 1100 g/mol. The maximum absolute atomic E-state index is 12.2. The van der Waals surface area contributed by atoms with E-state index in [0.717, 1.165) is 0 Å². The van der Waals surface area contributed by atoms with E-state index in [1.165, 1.54) is 49.5 Å². The monoisotopic (exact) mass is 1100 g/mol. The second-order valence-corrected chi connectivity index (χ2v) is 18.4. The molecule has 4 fully saturated rings. The zero-order valence-corrected chi connectivity index (χ0v) is 42.5. The van der Waals surface area contributed by atoms with E-state index in [1.807, 2.05) is 0 Å². The van der Waals surface area contributed by atoms with Crippen molar-refractivity contribution in [1.82, 2.24) is 40.6 Å². The second kappa shape index (κ2) is 30.1. The lowest BCUT2D eigenvalue weighted by molar-refractivity contribution is -0.335. The summed E-state index contributed by atoms with van der Waals surface area (Å²) in [7, 11) is 0. The predicted octanol–water partition coefficient (Wildman–Crippen LogP) is -7.39. The molecule has 20 atom stereocenters. The van der Waals surface area contributed by atoms with Crippen LogP contribution in [0.3, 0.4) is 0 Å². The molecule has 0 saturated carbocycles. The summed E-state index contributed by atoms with van der Waals surface area (Å²) in [6.45, 7) is 6.92. The van der Waals surface area contributed by atoms with Gasteiger partial charge in [-0.1, -0.05) is 10.4 Å². The predicted molar refractivity (Wildman–Crippen MR) is 246 cm³/mol. The topological polar surface area (TPSA) is 433 Å². The number of hydrogen-bond donors (Lipinski definition) is 12. The number of aromatic nitrogens is 6. The van der Waals surface area contributed by atoms with Crippen LogP contribution >= 0.6 is 0 Å². The molecule has 0 unspecified atom stereocenters. The van der Waals surface area contributed by atoms with Crippen LogP contribution in [0, 0.1) is 0 Å². The van der Waals surface area contributed by atoms with E-state index in [2.05, 4.69) is 31.3 Å². The van der Waals surface area contributed by atoms with Crippen LogP contribution in [0.25, 0.3) is 0 Å². The Morgan fingerprint density at radius 2 is 0.829 bits per heavy atom. The third kappa shape index (κ3) is 16.5. The molecular weight excluding hydrogens is 1020 g/mol. The van der Waals surface area contributed by atoms with Gasteiger partial charge in [0, 0.05) is 13.8 Å². The van der Waals surface area contributed by atoms with Crippen LogP contribution in [0.1, 0.15) is 51.5 Å². The maximum Gasteiger partial charge on any atom is 0.217 e. The van der Waals surface area contributed by atoms with Gasteiger partial charge in [-0.15, -0.1) is 10.2 Å². The molecule has 2 amide bonds. The summed E-state index contributed by atoms with van der Waals surface area (Å²) < 4.78 is 70.6. The lowest BCUT2D eigenvalue weighted by atomic mass is 9.94. The first kappa shape index (κ1) is 61.6. The van der Waals surface area contributed by atoms with Crippen molar-refractivity contribution in [1.29, 1.82) is 0 Å². The van der Waals surface area contributed by atoms with Crippen molar-refractivity contribution in [3.63, 3.8) is 0 Å². The standard InChI is InChI=1S/C44H74N8O24/c1-21-31(57)35(61)37(63)43(71-21)75-39-27(17-53)73-41(29(33(39)59)45-23(3)55)51-15-25(47-49-51)19-69-13-11-67-9-7-65-5-6-66-8-10-68-12-14-70-20-26-16-52(50-48-26)42-30(46-24(4)56)34(60)40(28(18-54)74-42)76-44-38(64)36(62)32(58)22(2)72-44/h15-16,21-22,27-44,53-54,57-64H,5-14,17-20H2,1-4H3,(H,45,55)(H,46,56)/t21-,22-,27+,28+,29+,30+,31+,32+,33+,34+,35+,36+,37-,38-,39+,40+,41+,42+,43-,44-/m0/s1. The highest BCUT2D eigenvalue weighted by Crippen LogP contribution is 2.35. The van der Waals surface area contributed by atoms with E-state index >= 15 is 0 Å². The van der Waals surface area contributed by atoms with Gasteiger partial charge in [0.1, 0.15) is 96.7 Å². The Bertz CT molecular complexity index is 1890. The molecule has 434 valence electrons. The smallest absolute Gasteiger partial charge is 0.217 e. The minimum Gasteiger partial charge on any atom is -0.394 e. The van der Waals surface area contributed by atoms with Crippen LogP contribution in [0.5, 0.6) is 0 Å². The van der Waals surface area contributed by atoms with Crippen LogP contribution in [0.4, 0.5) is 0 Å². The molecule has 4 aliphatic rings. The summed E-state index contributed by atoms with van der Waals surface area (Å²) in [6.07, 6.45) is -21.8. The van der Waals surface area contributed by atoms with Crippen LogP contribution in [0.2, 0.25) is 0 Å². The van der Waals surface area contributed by atoms with Crippen molar-refractivity contribution < 1.29 is 117 Å². The molecule has 2 aromatic heterocycles. The lowest BCUT2D eigenvalue weighted by Gasteiger charge is -2.47. The molecule has 6 rings (SSSR count). The van der Waals surface area contributed by atoms with Crippen molar-refractivity contribution in [3.05, 3.63) is 23.8 Å². The Balaban J connectivity index is 0.789. The molecule has 76 heavy (non-hydrogen) atoms. The van der Waals surface area contributed by atoms with Gasteiger partial charge in [0.2, 0.25) is 11.8 Å². The molecule has 0 radical (unpaired) electrons. The summed E-state index contributed by atoms with van der Waals surface area (Å²) in [4.78, 5) is 24.3. The van der Waals surface area contributed by atoms with Gasteiger partial charge in [-0.3, -0.25) is 9.59 Å². The Morgan fingerprint density at radius 1 is 0.500 bits per heavy atom. The van der Waals surface area contributed by atoms with Gasteiger partial charge >= 0.3 is 0 Å².